The molecule has 6 heteroatoms. The first-order valence-corrected chi connectivity index (χ1v) is 8.83. The maximum absolute atomic E-state index is 12.1. The lowest BCUT2D eigenvalue weighted by molar-refractivity contribution is -0.120. The quantitative estimate of drug-likeness (QED) is 0.833. The summed E-state index contributed by atoms with van der Waals surface area (Å²) < 4.78 is 0. The van der Waals surface area contributed by atoms with Crippen LogP contribution < -0.4 is 10.6 Å². The number of piperazine rings is 1. The van der Waals surface area contributed by atoms with Gasteiger partial charge in [0.05, 0.1) is 13.1 Å². The van der Waals surface area contributed by atoms with E-state index in [9.17, 15) is 9.59 Å². The molecule has 0 aliphatic carbocycles. The van der Waals surface area contributed by atoms with E-state index in [1.54, 1.807) is 0 Å². The first-order valence-electron chi connectivity index (χ1n) is 8.83. The van der Waals surface area contributed by atoms with Crippen LogP contribution in [0.3, 0.4) is 0 Å². The Labute approximate surface area is 153 Å². The van der Waals surface area contributed by atoms with Gasteiger partial charge in [-0.15, -0.1) is 0 Å². The Bertz CT molecular complexity index is 650. The minimum Gasteiger partial charge on any atom is -0.325 e. The predicted molar refractivity (Wildman–Crippen MR) is 103 cm³/mol. The summed E-state index contributed by atoms with van der Waals surface area (Å²) in [6.07, 6.45) is 0. The Balaban J connectivity index is 1.37. The van der Waals surface area contributed by atoms with E-state index in [1.165, 1.54) is 0 Å². The summed E-state index contributed by atoms with van der Waals surface area (Å²) in [6.45, 7) is 3.86. The lowest BCUT2D eigenvalue weighted by atomic mass is 10.3. The number of carbonyl (C=O) groups is 2. The number of carbonyl (C=O) groups excluding carboxylic acids is 2. The summed E-state index contributed by atoms with van der Waals surface area (Å²) in [5, 5.41) is 5.80. The van der Waals surface area contributed by atoms with Crippen LogP contribution in [0.15, 0.2) is 60.7 Å². The molecule has 0 atom stereocenters. The summed E-state index contributed by atoms with van der Waals surface area (Å²) in [4.78, 5) is 28.5. The number of para-hydroxylation sites is 2. The highest BCUT2D eigenvalue weighted by molar-refractivity contribution is 5.92. The summed E-state index contributed by atoms with van der Waals surface area (Å²) >= 11 is 0. The molecule has 136 valence electrons. The van der Waals surface area contributed by atoms with Gasteiger partial charge in [-0.1, -0.05) is 36.4 Å². The summed E-state index contributed by atoms with van der Waals surface area (Å²) in [5.74, 6) is -0.0158. The highest BCUT2D eigenvalue weighted by atomic mass is 16.2. The minimum absolute atomic E-state index is 0.00790. The third-order valence-corrected chi connectivity index (χ3v) is 4.31. The lowest BCUT2D eigenvalue weighted by Gasteiger charge is -2.33. The minimum atomic E-state index is -0.00790. The molecule has 2 amide bonds. The molecule has 6 nitrogen and oxygen atoms in total. The number of hydrogen-bond donors (Lipinski definition) is 2. The second kappa shape index (κ2) is 9.12. The molecule has 26 heavy (non-hydrogen) atoms. The molecule has 0 bridgehead atoms. The van der Waals surface area contributed by atoms with Crippen molar-refractivity contribution in [1.29, 1.82) is 0 Å². The van der Waals surface area contributed by atoms with Crippen molar-refractivity contribution < 1.29 is 9.59 Å². The molecule has 0 aromatic heterocycles. The molecular weight excluding hydrogens is 328 g/mol. The molecule has 0 saturated carbocycles. The van der Waals surface area contributed by atoms with Crippen molar-refractivity contribution in [2.24, 2.45) is 0 Å². The van der Waals surface area contributed by atoms with Gasteiger partial charge in [-0.05, 0) is 24.3 Å². The Kier molecular flexibility index (Phi) is 6.35. The molecule has 2 N–H and O–H groups in total. The van der Waals surface area contributed by atoms with Crippen molar-refractivity contribution in [3.05, 3.63) is 60.7 Å². The first-order chi connectivity index (χ1) is 12.7. The Morgan fingerprint density at radius 2 is 1.00 bits per heavy atom. The van der Waals surface area contributed by atoms with Crippen LogP contribution in [-0.4, -0.2) is 60.9 Å². The van der Waals surface area contributed by atoms with Crippen LogP contribution in [-0.2, 0) is 9.59 Å². The molecule has 0 unspecified atom stereocenters. The smallest absolute Gasteiger partial charge is 0.238 e. The van der Waals surface area contributed by atoms with Crippen LogP contribution in [0.2, 0.25) is 0 Å². The average molecular weight is 352 g/mol. The fraction of sp³-hybridized carbons (Fsp3) is 0.300. The van der Waals surface area contributed by atoms with Gasteiger partial charge in [-0.25, -0.2) is 0 Å². The fourth-order valence-corrected chi connectivity index (χ4v) is 2.96. The molecular formula is C20H24N4O2. The van der Waals surface area contributed by atoms with Crippen LogP contribution in [0, 0.1) is 0 Å². The zero-order valence-corrected chi connectivity index (χ0v) is 14.7. The summed E-state index contributed by atoms with van der Waals surface area (Å²) in [6, 6.07) is 18.9. The Morgan fingerprint density at radius 1 is 0.654 bits per heavy atom. The summed E-state index contributed by atoms with van der Waals surface area (Å²) in [7, 11) is 0. The Hall–Kier alpha value is -2.70. The number of anilines is 2. The maximum atomic E-state index is 12.1. The van der Waals surface area contributed by atoms with Crippen molar-refractivity contribution in [2.45, 2.75) is 0 Å². The topological polar surface area (TPSA) is 64.7 Å². The van der Waals surface area contributed by atoms with E-state index in [0.717, 1.165) is 37.6 Å². The summed E-state index contributed by atoms with van der Waals surface area (Å²) in [5.41, 5.74) is 1.63. The van der Waals surface area contributed by atoms with Gasteiger partial charge in [0.1, 0.15) is 0 Å². The van der Waals surface area contributed by atoms with Gasteiger partial charge < -0.3 is 10.6 Å². The molecule has 1 saturated heterocycles. The fourth-order valence-electron chi connectivity index (χ4n) is 2.96. The number of nitrogens with zero attached hydrogens (tertiary/aromatic N) is 2. The van der Waals surface area contributed by atoms with Crippen LogP contribution in [0.1, 0.15) is 0 Å². The number of amides is 2. The zero-order valence-electron chi connectivity index (χ0n) is 14.7. The van der Waals surface area contributed by atoms with Gasteiger partial charge in [-0.3, -0.25) is 19.4 Å². The average Bonchev–Trinajstić information content (AvgIpc) is 2.65. The lowest BCUT2D eigenvalue weighted by Crippen LogP contribution is -2.50. The largest absolute Gasteiger partial charge is 0.325 e. The second-order valence-corrected chi connectivity index (χ2v) is 6.38. The van der Waals surface area contributed by atoms with E-state index in [1.807, 2.05) is 60.7 Å². The van der Waals surface area contributed by atoms with Crippen molar-refractivity contribution >= 4 is 23.2 Å². The number of benzene rings is 2. The molecule has 1 heterocycles. The van der Waals surface area contributed by atoms with Gasteiger partial charge in [0.15, 0.2) is 0 Å². The Morgan fingerprint density at radius 3 is 1.35 bits per heavy atom. The monoisotopic (exact) mass is 352 g/mol. The molecule has 2 aromatic rings. The van der Waals surface area contributed by atoms with E-state index in [4.69, 9.17) is 0 Å². The van der Waals surface area contributed by atoms with E-state index >= 15 is 0 Å². The van der Waals surface area contributed by atoms with Crippen LogP contribution in [0.25, 0.3) is 0 Å². The normalized spacial score (nSPS) is 15.4. The number of rotatable bonds is 6. The SMILES string of the molecule is O=C(CN1CCN(CC(=O)Nc2ccccc2)CC1)Nc1ccccc1. The first kappa shape index (κ1) is 18.1. The number of nitrogens with one attached hydrogen (secondary N) is 2. The molecule has 2 aromatic carbocycles. The van der Waals surface area contributed by atoms with Gasteiger partial charge >= 0.3 is 0 Å². The molecule has 1 aliphatic heterocycles. The van der Waals surface area contributed by atoms with Crippen LogP contribution in [0.4, 0.5) is 11.4 Å². The highest BCUT2D eigenvalue weighted by Crippen LogP contribution is 2.08. The van der Waals surface area contributed by atoms with Crippen molar-refractivity contribution in [3.8, 4) is 0 Å². The highest BCUT2D eigenvalue weighted by Gasteiger charge is 2.20. The molecule has 1 aliphatic rings. The van der Waals surface area contributed by atoms with Gasteiger partial charge in [0, 0.05) is 37.6 Å². The molecule has 0 spiro atoms. The number of hydrogen-bond acceptors (Lipinski definition) is 4. The third-order valence-electron chi connectivity index (χ3n) is 4.31. The van der Waals surface area contributed by atoms with E-state index in [-0.39, 0.29) is 11.8 Å². The second-order valence-electron chi connectivity index (χ2n) is 6.38. The van der Waals surface area contributed by atoms with Crippen LogP contribution >= 0.6 is 0 Å². The van der Waals surface area contributed by atoms with Gasteiger partial charge in [0.2, 0.25) is 11.8 Å². The molecule has 1 fully saturated rings. The van der Waals surface area contributed by atoms with Gasteiger partial charge in [0.25, 0.3) is 0 Å². The standard InChI is InChI=1S/C20H24N4O2/c25-19(21-17-7-3-1-4-8-17)15-23-11-13-24(14-12-23)16-20(26)22-18-9-5-2-6-10-18/h1-10H,11-16H2,(H,21,25)(H,22,26). The third kappa shape index (κ3) is 5.68. The predicted octanol–water partition coefficient (Wildman–Crippen LogP) is 1.88. The zero-order chi connectivity index (χ0) is 18.2. The van der Waals surface area contributed by atoms with E-state index < -0.39 is 0 Å². The van der Waals surface area contributed by atoms with Crippen LogP contribution in [0.5, 0.6) is 0 Å². The van der Waals surface area contributed by atoms with Crippen molar-refractivity contribution in [2.75, 3.05) is 49.9 Å². The van der Waals surface area contributed by atoms with E-state index in [0.29, 0.717) is 13.1 Å². The molecule has 3 rings (SSSR count). The van der Waals surface area contributed by atoms with Crippen molar-refractivity contribution in [3.63, 3.8) is 0 Å². The van der Waals surface area contributed by atoms with Crippen molar-refractivity contribution in [1.82, 2.24) is 9.80 Å². The van der Waals surface area contributed by atoms with Gasteiger partial charge in [-0.2, -0.15) is 0 Å². The van der Waals surface area contributed by atoms with E-state index in [2.05, 4.69) is 20.4 Å². The molecule has 0 radical (unpaired) electrons. The maximum Gasteiger partial charge on any atom is 0.238 e.